The lowest BCUT2D eigenvalue weighted by Crippen LogP contribution is -2.41. The third-order valence-corrected chi connectivity index (χ3v) is 5.88. The Morgan fingerprint density at radius 3 is 2.50 bits per heavy atom. The summed E-state index contributed by atoms with van der Waals surface area (Å²) in [6.45, 7) is 9.07. The van der Waals surface area contributed by atoms with E-state index >= 15 is 0 Å². The second kappa shape index (κ2) is 6.82. The zero-order valence-electron chi connectivity index (χ0n) is 12.6. The number of halogens is 1. The maximum absolute atomic E-state index is 6.30. The van der Waals surface area contributed by atoms with Crippen LogP contribution >= 0.6 is 27.7 Å². The van der Waals surface area contributed by atoms with Crippen molar-refractivity contribution in [2.45, 2.75) is 44.0 Å². The van der Waals surface area contributed by atoms with Gasteiger partial charge in [-0.05, 0) is 31.0 Å². The molecule has 0 bridgehead atoms. The molecule has 0 saturated carbocycles. The average Bonchev–Trinajstić information content (AvgIpc) is 2.53. The molecule has 20 heavy (non-hydrogen) atoms. The smallest absolute Gasteiger partial charge is 0.0496 e. The highest BCUT2D eigenvalue weighted by molar-refractivity contribution is 9.10. The molecule has 0 aliphatic carbocycles. The Labute approximate surface area is 135 Å². The molecule has 0 aromatic heterocycles. The molecule has 1 aromatic rings. The Morgan fingerprint density at radius 2 is 1.90 bits per heavy atom. The van der Waals surface area contributed by atoms with Crippen LogP contribution in [0.15, 0.2) is 28.7 Å². The summed E-state index contributed by atoms with van der Waals surface area (Å²) >= 11 is 5.59. The van der Waals surface area contributed by atoms with E-state index in [2.05, 4.69) is 77.6 Å². The highest BCUT2D eigenvalue weighted by Gasteiger charge is 2.29. The summed E-state index contributed by atoms with van der Waals surface area (Å²) in [6, 6.07) is 9.07. The highest BCUT2D eigenvalue weighted by atomic mass is 79.9. The molecule has 112 valence electrons. The van der Waals surface area contributed by atoms with Gasteiger partial charge in [0, 0.05) is 40.1 Å². The zero-order chi connectivity index (χ0) is 14.8. The van der Waals surface area contributed by atoms with Crippen molar-refractivity contribution in [3.8, 4) is 0 Å². The Kier molecular flexibility index (Phi) is 5.57. The monoisotopic (exact) mass is 356 g/mol. The Bertz CT molecular complexity index is 431. The lowest BCUT2D eigenvalue weighted by molar-refractivity contribution is 0.184. The van der Waals surface area contributed by atoms with Crippen LogP contribution in [-0.2, 0) is 0 Å². The van der Waals surface area contributed by atoms with Gasteiger partial charge < -0.3 is 5.73 Å². The van der Waals surface area contributed by atoms with Crippen LogP contribution in [0.3, 0.4) is 0 Å². The number of thioether (sulfide) groups is 1. The second-order valence-electron chi connectivity index (χ2n) is 6.25. The molecular weight excluding hydrogens is 332 g/mol. The molecular formula is C16H25BrN2S. The molecule has 2 N–H and O–H groups in total. The van der Waals surface area contributed by atoms with E-state index in [4.69, 9.17) is 5.73 Å². The molecule has 0 amide bonds. The Morgan fingerprint density at radius 1 is 1.25 bits per heavy atom. The summed E-state index contributed by atoms with van der Waals surface area (Å²) in [5.74, 6) is 1.19. The van der Waals surface area contributed by atoms with E-state index in [0.717, 1.165) is 17.6 Å². The molecule has 4 heteroatoms. The first-order valence-electron chi connectivity index (χ1n) is 7.28. The van der Waals surface area contributed by atoms with Crippen LogP contribution < -0.4 is 5.73 Å². The maximum Gasteiger partial charge on any atom is 0.0496 e. The van der Waals surface area contributed by atoms with Gasteiger partial charge in [-0.25, -0.2) is 0 Å². The molecule has 0 radical (unpaired) electrons. The summed E-state index contributed by atoms with van der Waals surface area (Å²) in [4.78, 5) is 2.57. The van der Waals surface area contributed by atoms with Crippen LogP contribution in [0.25, 0.3) is 0 Å². The van der Waals surface area contributed by atoms with Crippen molar-refractivity contribution in [2.24, 2.45) is 5.73 Å². The van der Waals surface area contributed by atoms with Gasteiger partial charge in [0.05, 0.1) is 0 Å². The third kappa shape index (κ3) is 4.23. The SMILES string of the molecule is CC(N)C(c1ccc(Br)cc1)N1CCSC(C)(C)CC1. The number of hydrogen-bond acceptors (Lipinski definition) is 3. The minimum Gasteiger partial charge on any atom is -0.326 e. The first-order valence-corrected chi connectivity index (χ1v) is 9.06. The molecule has 2 nitrogen and oxygen atoms in total. The summed E-state index contributed by atoms with van der Waals surface area (Å²) < 4.78 is 1.51. The fraction of sp³-hybridized carbons (Fsp3) is 0.625. The average molecular weight is 357 g/mol. The lowest BCUT2D eigenvalue weighted by atomic mass is 9.98. The van der Waals surface area contributed by atoms with E-state index in [9.17, 15) is 0 Å². The fourth-order valence-electron chi connectivity index (χ4n) is 2.82. The van der Waals surface area contributed by atoms with Gasteiger partial charge in [0.15, 0.2) is 0 Å². The first-order chi connectivity index (χ1) is 9.39. The first kappa shape index (κ1) is 16.3. The molecule has 1 saturated heterocycles. The van der Waals surface area contributed by atoms with Crippen LogP contribution in [0, 0.1) is 0 Å². The molecule has 1 aliphatic rings. The van der Waals surface area contributed by atoms with E-state index < -0.39 is 0 Å². The minimum atomic E-state index is 0.141. The van der Waals surface area contributed by atoms with E-state index in [-0.39, 0.29) is 6.04 Å². The Balaban J connectivity index is 2.18. The van der Waals surface area contributed by atoms with E-state index in [1.807, 2.05) is 0 Å². The number of benzene rings is 1. The predicted octanol–water partition coefficient (Wildman–Crippen LogP) is 4.05. The van der Waals surface area contributed by atoms with E-state index in [1.54, 1.807) is 0 Å². The van der Waals surface area contributed by atoms with Gasteiger partial charge in [-0.1, -0.05) is 41.9 Å². The normalized spacial score (nSPS) is 23.1. The predicted molar refractivity (Wildman–Crippen MR) is 93.3 cm³/mol. The van der Waals surface area contributed by atoms with Crippen molar-refractivity contribution >= 4 is 27.7 Å². The summed E-state index contributed by atoms with van der Waals surface area (Å²) in [5, 5.41) is 0. The molecule has 0 spiro atoms. The fourth-order valence-corrected chi connectivity index (χ4v) is 4.20. The molecule has 2 atom stereocenters. The van der Waals surface area contributed by atoms with Gasteiger partial charge in [0.2, 0.25) is 0 Å². The molecule has 1 aromatic carbocycles. The van der Waals surface area contributed by atoms with Crippen molar-refractivity contribution < 1.29 is 0 Å². The Hall–Kier alpha value is -0.0300. The third-order valence-electron chi connectivity index (χ3n) is 3.98. The number of hydrogen-bond donors (Lipinski definition) is 1. The molecule has 2 rings (SSSR count). The standard InChI is InChI=1S/C16H25BrN2S/c1-12(18)15(13-4-6-14(17)7-5-13)19-9-8-16(2,3)20-11-10-19/h4-7,12,15H,8-11,18H2,1-3H3. The van der Waals surface area contributed by atoms with Gasteiger partial charge in [-0.15, -0.1) is 0 Å². The van der Waals surface area contributed by atoms with E-state index in [1.165, 1.54) is 17.7 Å². The number of nitrogens with zero attached hydrogens (tertiary/aromatic N) is 1. The van der Waals surface area contributed by atoms with Crippen molar-refractivity contribution in [1.82, 2.24) is 4.90 Å². The number of rotatable bonds is 3. The minimum absolute atomic E-state index is 0.141. The van der Waals surface area contributed by atoms with Gasteiger partial charge in [0.25, 0.3) is 0 Å². The van der Waals surface area contributed by atoms with E-state index in [0.29, 0.717) is 10.8 Å². The molecule has 1 aliphatic heterocycles. The topological polar surface area (TPSA) is 29.3 Å². The quantitative estimate of drug-likeness (QED) is 0.885. The summed E-state index contributed by atoms with van der Waals surface area (Å²) in [7, 11) is 0. The lowest BCUT2D eigenvalue weighted by Gasteiger charge is -2.34. The van der Waals surface area contributed by atoms with Gasteiger partial charge in [0.1, 0.15) is 0 Å². The van der Waals surface area contributed by atoms with Crippen molar-refractivity contribution in [2.75, 3.05) is 18.8 Å². The van der Waals surface area contributed by atoms with Crippen molar-refractivity contribution in [3.63, 3.8) is 0 Å². The molecule has 2 unspecified atom stereocenters. The van der Waals surface area contributed by atoms with Crippen LogP contribution in [-0.4, -0.2) is 34.5 Å². The van der Waals surface area contributed by atoms with Gasteiger partial charge in [-0.3, -0.25) is 4.90 Å². The number of nitrogens with two attached hydrogens (primary N) is 1. The molecule has 1 fully saturated rings. The zero-order valence-corrected chi connectivity index (χ0v) is 15.0. The summed E-state index contributed by atoms with van der Waals surface area (Å²) in [6.07, 6.45) is 1.22. The van der Waals surface area contributed by atoms with Crippen molar-refractivity contribution in [1.29, 1.82) is 0 Å². The van der Waals surface area contributed by atoms with Crippen LogP contribution in [0.4, 0.5) is 0 Å². The van der Waals surface area contributed by atoms with Crippen LogP contribution in [0.1, 0.15) is 38.8 Å². The largest absolute Gasteiger partial charge is 0.326 e. The molecule has 1 heterocycles. The highest BCUT2D eigenvalue weighted by Crippen LogP contribution is 2.34. The maximum atomic E-state index is 6.30. The second-order valence-corrected chi connectivity index (χ2v) is 8.97. The van der Waals surface area contributed by atoms with Crippen molar-refractivity contribution in [3.05, 3.63) is 34.3 Å². The van der Waals surface area contributed by atoms with Crippen LogP contribution in [0.5, 0.6) is 0 Å². The van der Waals surface area contributed by atoms with Gasteiger partial charge in [-0.2, -0.15) is 11.8 Å². The van der Waals surface area contributed by atoms with Crippen LogP contribution in [0.2, 0.25) is 0 Å². The van der Waals surface area contributed by atoms with Gasteiger partial charge >= 0.3 is 0 Å². The summed E-state index contributed by atoms with van der Waals surface area (Å²) in [5.41, 5.74) is 7.62.